The van der Waals surface area contributed by atoms with Gasteiger partial charge in [-0.1, -0.05) is 6.07 Å². The first-order valence-corrected chi connectivity index (χ1v) is 8.62. The molecule has 4 heteroatoms. The molecule has 0 unspecified atom stereocenters. The van der Waals surface area contributed by atoms with Crippen molar-refractivity contribution in [2.75, 3.05) is 18.0 Å². The monoisotopic (exact) mass is 301 g/mol. The van der Waals surface area contributed by atoms with E-state index < -0.39 is 0 Å². The van der Waals surface area contributed by atoms with Crippen LogP contribution in [-0.4, -0.2) is 24.1 Å². The Morgan fingerprint density at radius 3 is 2.71 bits per heavy atom. The summed E-state index contributed by atoms with van der Waals surface area (Å²) in [5, 5.41) is 8.15. The number of nitrogens with zero attached hydrogens (tertiary/aromatic N) is 2. The third-order valence-corrected chi connectivity index (χ3v) is 4.95. The maximum atomic E-state index is 4.54. The van der Waals surface area contributed by atoms with Crippen LogP contribution in [0.3, 0.4) is 0 Å². The van der Waals surface area contributed by atoms with Crippen LogP contribution in [0.1, 0.15) is 36.9 Å². The summed E-state index contributed by atoms with van der Waals surface area (Å²) in [5.74, 6) is 1.12. The molecule has 3 rings (SSSR count). The molecule has 0 bridgehead atoms. The number of pyridine rings is 1. The van der Waals surface area contributed by atoms with Gasteiger partial charge in [-0.2, -0.15) is 11.3 Å². The lowest BCUT2D eigenvalue weighted by atomic mass is 10.0. The standard InChI is InChI=1S/C17H23N3S/c1-13-3-4-17(18-11-13)20-8-5-16(6-9-20)19-14(2)15-7-10-21-12-15/h3-4,7,10-12,14,16,19H,5-6,8-9H2,1-2H3/t14-/m1/s1. The Morgan fingerprint density at radius 1 is 1.29 bits per heavy atom. The Labute approximate surface area is 131 Å². The average molecular weight is 301 g/mol. The van der Waals surface area contributed by atoms with Gasteiger partial charge in [0, 0.05) is 31.4 Å². The molecule has 0 saturated carbocycles. The van der Waals surface area contributed by atoms with Gasteiger partial charge in [0.15, 0.2) is 0 Å². The zero-order chi connectivity index (χ0) is 14.7. The SMILES string of the molecule is Cc1ccc(N2CCC(N[C@H](C)c3ccsc3)CC2)nc1. The minimum Gasteiger partial charge on any atom is -0.357 e. The van der Waals surface area contributed by atoms with E-state index in [0.717, 1.165) is 18.9 Å². The molecule has 0 aliphatic carbocycles. The summed E-state index contributed by atoms with van der Waals surface area (Å²) in [6, 6.07) is 7.56. The molecule has 0 aromatic carbocycles. The van der Waals surface area contributed by atoms with Crippen LogP contribution in [0.5, 0.6) is 0 Å². The normalized spacial score (nSPS) is 17.9. The van der Waals surface area contributed by atoms with Crippen molar-refractivity contribution in [3.63, 3.8) is 0 Å². The van der Waals surface area contributed by atoms with E-state index in [1.165, 1.54) is 24.0 Å². The Kier molecular flexibility index (Phi) is 4.56. The van der Waals surface area contributed by atoms with Gasteiger partial charge in [-0.3, -0.25) is 0 Å². The van der Waals surface area contributed by atoms with Crippen LogP contribution in [0.25, 0.3) is 0 Å². The van der Waals surface area contributed by atoms with Crippen molar-refractivity contribution in [1.82, 2.24) is 10.3 Å². The molecule has 2 aromatic heterocycles. The molecule has 0 radical (unpaired) electrons. The summed E-state index contributed by atoms with van der Waals surface area (Å²) in [6.45, 7) is 6.52. The number of hydrogen-bond acceptors (Lipinski definition) is 4. The molecule has 1 atom stereocenters. The van der Waals surface area contributed by atoms with Crippen molar-refractivity contribution >= 4 is 17.2 Å². The van der Waals surface area contributed by atoms with E-state index in [9.17, 15) is 0 Å². The third kappa shape index (κ3) is 3.63. The highest BCUT2D eigenvalue weighted by atomic mass is 32.1. The van der Waals surface area contributed by atoms with Gasteiger partial charge in [0.1, 0.15) is 5.82 Å². The Bertz CT molecular complexity index is 542. The lowest BCUT2D eigenvalue weighted by molar-refractivity contribution is 0.380. The van der Waals surface area contributed by atoms with Crippen molar-refractivity contribution in [3.05, 3.63) is 46.3 Å². The minimum absolute atomic E-state index is 0.449. The smallest absolute Gasteiger partial charge is 0.128 e. The van der Waals surface area contributed by atoms with Gasteiger partial charge in [0.05, 0.1) is 0 Å². The summed E-state index contributed by atoms with van der Waals surface area (Å²) < 4.78 is 0. The summed E-state index contributed by atoms with van der Waals surface area (Å²) in [4.78, 5) is 6.93. The second-order valence-electron chi connectivity index (χ2n) is 5.90. The molecule has 3 nitrogen and oxygen atoms in total. The van der Waals surface area contributed by atoms with Crippen molar-refractivity contribution in [2.24, 2.45) is 0 Å². The lowest BCUT2D eigenvalue weighted by Gasteiger charge is -2.34. The molecular formula is C17H23N3S. The fraction of sp³-hybridized carbons (Fsp3) is 0.471. The van der Waals surface area contributed by atoms with Gasteiger partial charge in [-0.05, 0) is 60.7 Å². The largest absolute Gasteiger partial charge is 0.357 e. The molecule has 2 aromatic rings. The average Bonchev–Trinajstić information content (AvgIpc) is 3.03. The quantitative estimate of drug-likeness (QED) is 0.931. The molecule has 3 heterocycles. The Balaban J connectivity index is 1.52. The molecule has 1 fully saturated rings. The maximum Gasteiger partial charge on any atom is 0.128 e. The van der Waals surface area contributed by atoms with Gasteiger partial charge in [0.25, 0.3) is 0 Å². The summed E-state index contributed by atoms with van der Waals surface area (Å²) in [6.07, 6.45) is 4.33. The number of aryl methyl sites for hydroxylation is 1. The Hall–Kier alpha value is -1.39. The fourth-order valence-corrected chi connectivity index (χ4v) is 3.65. The van der Waals surface area contributed by atoms with E-state index in [-0.39, 0.29) is 0 Å². The molecule has 1 aliphatic rings. The molecular weight excluding hydrogens is 278 g/mol. The predicted octanol–water partition coefficient (Wildman–Crippen LogP) is 3.77. The van der Waals surface area contributed by atoms with E-state index in [0.29, 0.717) is 12.1 Å². The highest BCUT2D eigenvalue weighted by Gasteiger charge is 2.21. The van der Waals surface area contributed by atoms with Crippen molar-refractivity contribution in [3.8, 4) is 0 Å². The predicted molar refractivity (Wildman–Crippen MR) is 90.1 cm³/mol. The zero-order valence-corrected chi connectivity index (χ0v) is 13.6. The fourth-order valence-electron chi connectivity index (χ4n) is 2.89. The first kappa shape index (κ1) is 14.5. The molecule has 21 heavy (non-hydrogen) atoms. The van der Waals surface area contributed by atoms with E-state index in [1.807, 2.05) is 6.20 Å². The first-order chi connectivity index (χ1) is 10.2. The van der Waals surface area contributed by atoms with E-state index in [4.69, 9.17) is 0 Å². The third-order valence-electron chi connectivity index (χ3n) is 4.24. The van der Waals surface area contributed by atoms with Crippen LogP contribution in [0.4, 0.5) is 5.82 Å². The summed E-state index contributed by atoms with van der Waals surface area (Å²) in [5.41, 5.74) is 2.63. The number of anilines is 1. The number of piperidine rings is 1. The van der Waals surface area contributed by atoms with E-state index in [2.05, 4.69) is 58.0 Å². The number of hydrogen-bond donors (Lipinski definition) is 1. The van der Waals surface area contributed by atoms with Gasteiger partial charge in [-0.15, -0.1) is 0 Å². The summed E-state index contributed by atoms with van der Waals surface area (Å²) in [7, 11) is 0. The van der Waals surface area contributed by atoms with Gasteiger partial charge in [0.2, 0.25) is 0 Å². The second kappa shape index (κ2) is 6.58. The van der Waals surface area contributed by atoms with Crippen LogP contribution in [0.15, 0.2) is 35.2 Å². The summed E-state index contributed by atoms with van der Waals surface area (Å²) >= 11 is 1.77. The van der Waals surface area contributed by atoms with Crippen LogP contribution in [0, 0.1) is 6.92 Å². The zero-order valence-electron chi connectivity index (χ0n) is 12.7. The lowest BCUT2D eigenvalue weighted by Crippen LogP contribution is -2.43. The second-order valence-corrected chi connectivity index (χ2v) is 6.68. The van der Waals surface area contributed by atoms with Crippen LogP contribution in [-0.2, 0) is 0 Å². The molecule has 0 spiro atoms. The molecule has 1 aliphatic heterocycles. The Morgan fingerprint density at radius 2 is 2.10 bits per heavy atom. The van der Waals surface area contributed by atoms with Crippen molar-refractivity contribution < 1.29 is 0 Å². The molecule has 0 amide bonds. The number of aromatic nitrogens is 1. The molecule has 1 saturated heterocycles. The van der Waals surface area contributed by atoms with Crippen molar-refractivity contribution in [1.29, 1.82) is 0 Å². The van der Waals surface area contributed by atoms with E-state index in [1.54, 1.807) is 11.3 Å². The minimum atomic E-state index is 0.449. The number of nitrogens with one attached hydrogen (secondary N) is 1. The van der Waals surface area contributed by atoms with Crippen LogP contribution >= 0.6 is 11.3 Å². The first-order valence-electron chi connectivity index (χ1n) is 7.68. The number of rotatable bonds is 4. The molecule has 112 valence electrons. The maximum absolute atomic E-state index is 4.54. The van der Waals surface area contributed by atoms with Crippen LogP contribution < -0.4 is 10.2 Å². The van der Waals surface area contributed by atoms with Crippen LogP contribution in [0.2, 0.25) is 0 Å². The number of thiophene rings is 1. The molecule has 1 N–H and O–H groups in total. The van der Waals surface area contributed by atoms with Gasteiger partial charge < -0.3 is 10.2 Å². The highest BCUT2D eigenvalue weighted by Crippen LogP contribution is 2.21. The van der Waals surface area contributed by atoms with Gasteiger partial charge in [-0.25, -0.2) is 4.98 Å². The highest BCUT2D eigenvalue weighted by molar-refractivity contribution is 7.07. The van der Waals surface area contributed by atoms with E-state index >= 15 is 0 Å². The van der Waals surface area contributed by atoms with Gasteiger partial charge >= 0.3 is 0 Å². The van der Waals surface area contributed by atoms with Crippen molar-refractivity contribution in [2.45, 2.75) is 38.8 Å². The topological polar surface area (TPSA) is 28.2 Å².